The Morgan fingerprint density at radius 2 is 2.30 bits per heavy atom. The second-order valence-corrected chi connectivity index (χ2v) is 3.27. The molecule has 6 heteroatoms. The third-order valence-electron chi connectivity index (χ3n) is 1.02. The number of aliphatic hydroxyl groups excluding tert-OH is 1. The van der Waals surface area contributed by atoms with Gasteiger partial charge in [-0.1, -0.05) is 24.0 Å². The van der Waals surface area contributed by atoms with Gasteiger partial charge in [0.25, 0.3) is 0 Å². The molecule has 1 amide bonds. The van der Waals surface area contributed by atoms with E-state index in [2.05, 4.69) is 12.2 Å². The lowest BCUT2D eigenvalue weighted by atomic mass is 10.6. The van der Waals surface area contributed by atoms with Crippen molar-refractivity contribution in [2.75, 3.05) is 5.75 Å². The van der Waals surface area contributed by atoms with Crippen LogP contribution in [0.2, 0.25) is 0 Å². The highest BCUT2D eigenvalue weighted by molar-refractivity contribution is 8.23. The first-order chi connectivity index (χ1) is 4.63. The number of thioether (sulfide) groups is 1. The number of aliphatic hydroxyl groups is 2. The van der Waals surface area contributed by atoms with Crippen molar-refractivity contribution in [3.8, 4) is 0 Å². The van der Waals surface area contributed by atoms with Crippen LogP contribution in [0.1, 0.15) is 0 Å². The minimum absolute atomic E-state index is 0.205. The number of nitrogens with zero attached hydrogens (tertiary/aromatic N) is 1. The molecule has 0 aromatic heterocycles. The van der Waals surface area contributed by atoms with Gasteiger partial charge in [-0.3, -0.25) is 4.79 Å². The molecule has 0 aliphatic carbocycles. The second-order valence-electron chi connectivity index (χ2n) is 1.66. The van der Waals surface area contributed by atoms with E-state index < -0.39 is 6.41 Å². The van der Waals surface area contributed by atoms with Crippen LogP contribution >= 0.6 is 24.0 Å². The van der Waals surface area contributed by atoms with Gasteiger partial charge < -0.3 is 10.2 Å². The van der Waals surface area contributed by atoms with Crippen LogP contribution in [0.3, 0.4) is 0 Å². The molecule has 0 atom stereocenters. The lowest BCUT2D eigenvalue weighted by molar-refractivity contribution is -0.155. The largest absolute Gasteiger partial charge is 0.351 e. The van der Waals surface area contributed by atoms with Gasteiger partial charge >= 0.3 is 0 Å². The molecule has 0 unspecified atom stereocenters. The van der Waals surface area contributed by atoms with E-state index >= 15 is 0 Å². The lowest BCUT2D eigenvalue weighted by Crippen LogP contribution is -2.38. The smallest absolute Gasteiger partial charge is 0.243 e. The molecule has 1 rings (SSSR count). The molecule has 1 heterocycles. The van der Waals surface area contributed by atoms with Gasteiger partial charge in [-0.2, -0.15) is 0 Å². The average Bonchev–Trinajstić information content (AvgIpc) is 2.11. The first-order valence-corrected chi connectivity index (χ1v) is 3.87. The third kappa shape index (κ3) is 1.29. The fourth-order valence-electron chi connectivity index (χ4n) is 0.587. The summed E-state index contributed by atoms with van der Waals surface area (Å²) >= 11 is 5.77. The first kappa shape index (κ1) is 7.93. The summed E-state index contributed by atoms with van der Waals surface area (Å²) in [6, 6.07) is 0. The zero-order valence-electron chi connectivity index (χ0n) is 4.85. The molecule has 10 heavy (non-hydrogen) atoms. The Bertz CT molecular complexity index is 165. The van der Waals surface area contributed by atoms with Crippen LogP contribution in [0.25, 0.3) is 0 Å². The summed E-state index contributed by atoms with van der Waals surface area (Å²) in [5, 5.41) is 17.1. The molecule has 0 aromatic rings. The van der Waals surface area contributed by atoms with Crippen LogP contribution in [0.15, 0.2) is 0 Å². The maximum Gasteiger partial charge on any atom is 0.243 e. The molecule has 4 nitrogen and oxygen atoms in total. The Balaban J connectivity index is 2.72. The van der Waals surface area contributed by atoms with Crippen molar-refractivity contribution in [2.45, 2.75) is 6.41 Å². The Labute approximate surface area is 66.8 Å². The van der Waals surface area contributed by atoms with Gasteiger partial charge in [0, 0.05) is 0 Å². The number of carbonyl (C=O) groups excluding carboxylic acids is 1. The highest BCUT2D eigenvalue weighted by atomic mass is 32.2. The standard InChI is InChI=1S/C4H5NO3S2/c6-2-1-10-4(9)5(2)3(7)8/h3,7-8H,1H2. The van der Waals surface area contributed by atoms with Gasteiger partial charge in [0.15, 0.2) is 0 Å². The summed E-state index contributed by atoms with van der Waals surface area (Å²) in [6.07, 6.45) is -1.78. The third-order valence-corrected chi connectivity index (χ3v) is 2.40. The molecule has 1 aliphatic heterocycles. The highest BCUT2D eigenvalue weighted by Gasteiger charge is 2.30. The predicted octanol–water partition coefficient (Wildman–Crippen LogP) is -0.885. The summed E-state index contributed by atoms with van der Waals surface area (Å²) in [4.78, 5) is 11.5. The number of hydrogen-bond acceptors (Lipinski definition) is 5. The van der Waals surface area contributed by atoms with E-state index in [0.717, 1.165) is 16.7 Å². The van der Waals surface area contributed by atoms with E-state index in [4.69, 9.17) is 10.2 Å². The molecule has 0 saturated carbocycles. The zero-order valence-corrected chi connectivity index (χ0v) is 6.48. The van der Waals surface area contributed by atoms with Gasteiger partial charge in [-0.15, -0.1) is 0 Å². The fraction of sp³-hybridized carbons (Fsp3) is 0.500. The topological polar surface area (TPSA) is 60.8 Å². The molecular formula is C4H5NO3S2. The lowest BCUT2D eigenvalue weighted by Gasteiger charge is -2.15. The van der Waals surface area contributed by atoms with Crippen LogP contribution in [0.5, 0.6) is 0 Å². The van der Waals surface area contributed by atoms with E-state index in [9.17, 15) is 4.79 Å². The van der Waals surface area contributed by atoms with Gasteiger partial charge in [0.05, 0.1) is 5.75 Å². The van der Waals surface area contributed by atoms with Gasteiger partial charge in [0.1, 0.15) is 4.32 Å². The molecule has 1 saturated heterocycles. The zero-order chi connectivity index (χ0) is 7.72. The van der Waals surface area contributed by atoms with Gasteiger partial charge in [0.2, 0.25) is 12.3 Å². The molecule has 56 valence electrons. The summed E-state index contributed by atoms with van der Waals surface area (Å²) < 4.78 is 0.222. The van der Waals surface area contributed by atoms with Crippen LogP contribution < -0.4 is 0 Å². The van der Waals surface area contributed by atoms with E-state index in [1.54, 1.807) is 0 Å². The Morgan fingerprint density at radius 1 is 1.70 bits per heavy atom. The van der Waals surface area contributed by atoms with Crippen molar-refractivity contribution in [1.82, 2.24) is 4.90 Å². The quantitative estimate of drug-likeness (QED) is 0.404. The fourth-order valence-corrected chi connectivity index (χ4v) is 1.68. The number of thiocarbonyl (C=S) groups is 1. The Kier molecular flexibility index (Phi) is 2.24. The van der Waals surface area contributed by atoms with Crippen LogP contribution in [-0.4, -0.2) is 37.5 Å². The molecule has 2 N–H and O–H groups in total. The molecule has 1 aliphatic rings. The summed E-state index contributed by atoms with van der Waals surface area (Å²) in [5.41, 5.74) is 0. The maximum absolute atomic E-state index is 10.7. The van der Waals surface area contributed by atoms with E-state index in [1.807, 2.05) is 0 Å². The van der Waals surface area contributed by atoms with Gasteiger partial charge in [-0.25, -0.2) is 4.90 Å². The van der Waals surface area contributed by atoms with Crippen molar-refractivity contribution >= 4 is 34.2 Å². The summed E-state index contributed by atoms with van der Waals surface area (Å²) in [5.74, 6) is -0.152. The van der Waals surface area contributed by atoms with Crippen LogP contribution in [0.4, 0.5) is 0 Å². The normalized spacial score (nSPS) is 19.3. The predicted molar refractivity (Wildman–Crippen MR) is 40.1 cm³/mol. The number of carbonyl (C=O) groups is 1. The molecular weight excluding hydrogens is 174 g/mol. The minimum Gasteiger partial charge on any atom is -0.351 e. The number of amides is 1. The van der Waals surface area contributed by atoms with Crippen molar-refractivity contribution in [2.24, 2.45) is 0 Å². The monoisotopic (exact) mass is 179 g/mol. The number of rotatable bonds is 1. The molecule has 1 fully saturated rings. The summed E-state index contributed by atoms with van der Waals surface area (Å²) in [6.45, 7) is 0. The highest BCUT2D eigenvalue weighted by Crippen LogP contribution is 2.19. The van der Waals surface area contributed by atoms with Crippen molar-refractivity contribution in [3.63, 3.8) is 0 Å². The first-order valence-electron chi connectivity index (χ1n) is 2.48. The summed E-state index contributed by atoms with van der Waals surface area (Å²) in [7, 11) is 0. The van der Waals surface area contributed by atoms with E-state index in [1.165, 1.54) is 0 Å². The van der Waals surface area contributed by atoms with E-state index in [0.29, 0.717) is 0 Å². The van der Waals surface area contributed by atoms with Crippen molar-refractivity contribution in [1.29, 1.82) is 0 Å². The van der Waals surface area contributed by atoms with Crippen molar-refractivity contribution in [3.05, 3.63) is 0 Å². The molecule has 0 spiro atoms. The molecule has 0 bridgehead atoms. The maximum atomic E-state index is 10.7. The van der Waals surface area contributed by atoms with Crippen LogP contribution in [0, 0.1) is 0 Å². The molecule has 0 radical (unpaired) electrons. The van der Waals surface area contributed by atoms with Gasteiger partial charge in [-0.05, 0) is 0 Å². The van der Waals surface area contributed by atoms with E-state index in [-0.39, 0.29) is 16.0 Å². The second kappa shape index (κ2) is 2.83. The molecule has 0 aromatic carbocycles. The van der Waals surface area contributed by atoms with Crippen LogP contribution in [-0.2, 0) is 4.79 Å². The average molecular weight is 179 g/mol. The van der Waals surface area contributed by atoms with Crippen molar-refractivity contribution < 1.29 is 15.0 Å². The Hall–Kier alpha value is -0.170. The number of hydrogen-bond donors (Lipinski definition) is 2. The minimum atomic E-state index is -1.78. The SMILES string of the molecule is O=C1CSC(=S)N1C(O)O. The Morgan fingerprint density at radius 3 is 2.50 bits per heavy atom.